The maximum atomic E-state index is 11.9. The van der Waals surface area contributed by atoms with E-state index in [-0.39, 0.29) is 12.6 Å². The lowest BCUT2D eigenvalue weighted by Gasteiger charge is -2.17. The number of aromatic nitrogens is 2. The van der Waals surface area contributed by atoms with Crippen molar-refractivity contribution < 1.29 is 17.9 Å². The summed E-state index contributed by atoms with van der Waals surface area (Å²) >= 11 is 0. The summed E-state index contributed by atoms with van der Waals surface area (Å²) in [5.41, 5.74) is 0. The van der Waals surface area contributed by atoms with E-state index in [2.05, 4.69) is 20.0 Å². The van der Waals surface area contributed by atoms with Crippen molar-refractivity contribution in [1.29, 1.82) is 0 Å². The summed E-state index contributed by atoms with van der Waals surface area (Å²) in [6.45, 7) is 1.35. The largest absolute Gasteiger partial charge is 0.411 e. The van der Waals surface area contributed by atoms with Crippen LogP contribution in [0.2, 0.25) is 0 Å². The second kappa shape index (κ2) is 6.61. The molecule has 0 aromatic carbocycles. The molecule has 7 heteroatoms. The number of alkyl halides is 3. The third kappa shape index (κ3) is 6.28. The Labute approximate surface area is 97.6 Å². The quantitative estimate of drug-likeness (QED) is 0.772. The van der Waals surface area contributed by atoms with Crippen LogP contribution in [-0.2, 0) is 11.2 Å². The summed E-state index contributed by atoms with van der Waals surface area (Å²) in [5, 5.41) is 3.05. The summed E-state index contributed by atoms with van der Waals surface area (Å²) in [6, 6.07) is -0.173. The van der Waals surface area contributed by atoms with Gasteiger partial charge in [-0.15, -0.1) is 0 Å². The molecule has 1 heterocycles. The van der Waals surface area contributed by atoms with E-state index < -0.39 is 12.8 Å². The molecule has 1 atom stereocenters. The molecule has 0 amide bonds. The number of imidazole rings is 1. The summed E-state index contributed by atoms with van der Waals surface area (Å²) in [7, 11) is 0. The number of halogens is 3. The number of hydrogen-bond donors (Lipinski definition) is 2. The molecule has 0 spiro atoms. The number of aromatic amines is 1. The molecule has 1 rings (SSSR count). The lowest BCUT2D eigenvalue weighted by molar-refractivity contribution is -0.175. The van der Waals surface area contributed by atoms with E-state index in [1.165, 1.54) is 0 Å². The van der Waals surface area contributed by atoms with Crippen molar-refractivity contribution in [3.8, 4) is 0 Å². The van der Waals surface area contributed by atoms with Gasteiger partial charge in [0.1, 0.15) is 12.4 Å². The predicted molar refractivity (Wildman–Crippen MR) is 56.6 cm³/mol. The third-order valence-corrected chi connectivity index (χ3v) is 2.07. The van der Waals surface area contributed by atoms with E-state index in [1.54, 1.807) is 12.4 Å². The Morgan fingerprint density at radius 3 is 2.82 bits per heavy atom. The minimum atomic E-state index is -4.28. The van der Waals surface area contributed by atoms with Gasteiger partial charge in [-0.3, -0.25) is 0 Å². The third-order valence-electron chi connectivity index (χ3n) is 2.07. The lowest BCUT2D eigenvalue weighted by Crippen LogP contribution is -2.36. The van der Waals surface area contributed by atoms with Gasteiger partial charge >= 0.3 is 6.18 Å². The van der Waals surface area contributed by atoms with Crippen LogP contribution in [-0.4, -0.2) is 41.9 Å². The topological polar surface area (TPSA) is 49.9 Å². The van der Waals surface area contributed by atoms with Gasteiger partial charge in [-0.25, -0.2) is 4.98 Å². The molecular formula is C10H16F3N3O. The molecule has 4 nitrogen and oxygen atoms in total. The van der Waals surface area contributed by atoms with Crippen LogP contribution < -0.4 is 5.32 Å². The molecule has 0 fully saturated rings. The monoisotopic (exact) mass is 251 g/mol. The number of nitrogens with one attached hydrogen (secondary N) is 2. The van der Waals surface area contributed by atoms with E-state index in [0.717, 1.165) is 5.82 Å². The smallest absolute Gasteiger partial charge is 0.370 e. The summed E-state index contributed by atoms with van der Waals surface area (Å²) in [5.74, 6) is 0.728. The molecule has 1 aromatic heterocycles. The lowest BCUT2D eigenvalue weighted by atomic mass is 10.2. The zero-order valence-electron chi connectivity index (χ0n) is 9.55. The van der Waals surface area contributed by atoms with Gasteiger partial charge in [-0.1, -0.05) is 6.92 Å². The first-order chi connectivity index (χ1) is 8.01. The standard InChI is InChI=1S/C10H16F3N3O/c1-2-14-8(5-9-15-3-4-16-9)6-17-7-10(11,12)13/h3-4,8,14H,2,5-7H2,1H3,(H,15,16). The highest BCUT2D eigenvalue weighted by atomic mass is 19.4. The predicted octanol–water partition coefficient (Wildman–Crippen LogP) is 1.51. The van der Waals surface area contributed by atoms with Gasteiger partial charge in [-0.05, 0) is 6.54 Å². The van der Waals surface area contributed by atoms with Crippen LogP contribution in [0.3, 0.4) is 0 Å². The average molecular weight is 251 g/mol. The van der Waals surface area contributed by atoms with Gasteiger partial charge in [0.25, 0.3) is 0 Å². The molecular weight excluding hydrogens is 235 g/mol. The molecule has 1 aromatic rings. The fourth-order valence-electron chi connectivity index (χ4n) is 1.44. The maximum Gasteiger partial charge on any atom is 0.411 e. The molecule has 0 saturated carbocycles. The Balaban J connectivity index is 2.33. The second-order valence-corrected chi connectivity index (χ2v) is 3.62. The molecule has 98 valence electrons. The normalized spacial score (nSPS) is 13.9. The van der Waals surface area contributed by atoms with Crippen molar-refractivity contribution in [2.75, 3.05) is 19.8 Å². The van der Waals surface area contributed by atoms with Crippen molar-refractivity contribution in [1.82, 2.24) is 15.3 Å². The molecule has 0 aliphatic carbocycles. The van der Waals surface area contributed by atoms with Crippen LogP contribution in [0.15, 0.2) is 12.4 Å². The molecule has 1 unspecified atom stereocenters. The molecule has 0 radical (unpaired) electrons. The Bertz CT molecular complexity index is 300. The Morgan fingerprint density at radius 2 is 2.29 bits per heavy atom. The Hall–Kier alpha value is -1.08. The Morgan fingerprint density at radius 1 is 1.53 bits per heavy atom. The van der Waals surface area contributed by atoms with Crippen molar-refractivity contribution >= 4 is 0 Å². The maximum absolute atomic E-state index is 11.9. The minimum Gasteiger partial charge on any atom is -0.370 e. The fraction of sp³-hybridized carbons (Fsp3) is 0.700. The van der Waals surface area contributed by atoms with Crippen molar-refractivity contribution in [3.63, 3.8) is 0 Å². The van der Waals surface area contributed by atoms with Gasteiger partial charge < -0.3 is 15.0 Å². The van der Waals surface area contributed by atoms with Gasteiger partial charge in [-0.2, -0.15) is 13.2 Å². The first-order valence-electron chi connectivity index (χ1n) is 5.37. The van der Waals surface area contributed by atoms with E-state index in [1.807, 2.05) is 6.92 Å². The van der Waals surface area contributed by atoms with Crippen LogP contribution in [0.5, 0.6) is 0 Å². The van der Waals surface area contributed by atoms with Gasteiger partial charge in [0.05, 0.1) is 6.61 Å². The highest BCUT2D eigenvalue weighted by Gasteiger charge is 2.27. The minimum absolute atomic E-state index is 0.00799. The molecule has 0 aliphatic rings. The highest BCUT2D eigenvalue weighted by Crippen LogP contribution is 2.14. The summed E-state index contributed by atoms with van der Waals surface area (Å²) < 4.78 is 40.3. The highest BCUT2D eigenvalue weighted by molar-refractivity contribution is 4.91. The van der Waals surface area contributed by atoms with E-state index in [4.69, 9.17) is 0 Å². The molecule has 17 heavy (non-hydrogen) atoms. The zero-order valence-corrected chi connectivity index (χ0v) is 9.55. The molecule has 0 aliphatic heterocycles. The zero-order chi connectivity index (χ0) is 12.7. The van der Waals surface area contributed by atoms with E-state index >= 15 is 0 Å². The van der Waals surface area contributed by atoms with Crippen molar-refractivity contribution in [2.24, 2.45) is 0 Å². The number of rotatable bonds is 7. The first-order valence-corrected chi connectivity index (χ1v) is 5.37. The number of hydrogen-bond acceptors (Lipinski definition) is 3. The molecule has 0 bridgehead atoms. The SMILES string of the molecule is CCNC(COCC(F)(F)F)Cc1ncc[nH]1. The van der Waals surface area contributed by atoms with Crippen molar-refractivity contribution in [2.45, 2.75) is 25.6 Å². The molecule has 0 saturated heterocycles. The Kier molecular flexibility index (Phi) is 5.43. The van der Waals surface area contributed by atoms with Gasteiger partial charge in [0.15, 0.2) is 0 Å². The second-order valence-electron chi connectivity index (χ2n) is 3.62. The van der Waals surface area contributed by atoms with Crippen LogP contribution in [0.25, 0.3) is 0 Å². The van der Waals surface area contributed by atoms with Crippen LogP contribution >= 0.6 is 0 Å². The summed E-state index contributed by atoms with van der Waals surface area (Å²) in [4.78, 5) is 6.93. The average Bonchev–Trinajstić information content (AvgIpc) is 2.68. The van der Waals surface area contributed by atoms with Gasteiger partial charge in [0, 0.05) is 24.9 Å². The molecule has 2 N–H and O–H groups in total. The van der Waals surface area contributed by atoms with Crippen LogP contribution in [0.1, 0.15) is 12.7 Å². The van der Waals surface area contributed by atoms with Crippen LogP contribution in [0.4, 0.5) is 13.2 Å². The number of H-pyrrole nitrogens is 1. The first kappa shape index (κ1) is 14.0. The number of nitrogens with zero attached hydrogens (tertiary/aromatic N) is 1. The summed E-state index contributed by atoms with van der Waals surface area (Å²) in [6.07, 6.45) is -0.482. The van der Waals surface area contributed by atoms with E-state index in [9.17, 15) is 13.2 Å². The van der Waals surface area contributed by atoms with Gasteiger partial charge in [0.2, 0.25) is 0 Å². The van der Waals surface area contributed by atoms with E-state index in [0.29, 0.717) is 13.0 Å². The van der Waals surface area contributed by atoms with Crippen LogP contribution in [0, 0.1) is 0 Å². The fourth-order valence-corrected chi connectivity index (χ4v) is 1.44. The number of likely N-dealkylation sites (N-methyl/N-ethyl adjacent to an activating group) is 1. The van der Waals surface area contributed by atoms with Crippen molar-refractivity contribution in [3.05, 3.63) is 18.2 Å². The number of ether oxygens (including phenoxy) is 1.